The summed E-state index contributed by atoms with van der Waals surface area (Å²) in [6, 6.07) is 0. The summed E-state index contributed by atoms with van der Waals surface area (Å²) in [5.74, 6) is -1.34. The van der Waals surface area contributed by atoms with Crippen LogP contribution >= 0.6 is 0 Å². The summed E-state index contributed by atoms with van der Waals surface area (Å²) in [5.41, 5.74) is -2.73. The smallest absolute Gasteiger partial charge is 0.344 e. The number of carbonyl (C=O) groups excluding carboxylic acids is 2. The summed E-state index contributed by atoms with van der Waals surface area (Å²) in [7, 11) is -2.18. The Balaban J connectivity index is 5.17. The van der Waals surface area contributed by atoms with Crippen molar-refractivity contribution < 1.29 is 28.6 Å². The number of carbonyl (C=O) groups is 2. The van der Waals surface area contributed by atoms with E-state index >= 15 is 0 Å². The third kappa shape index (κ3) is 6.53. The predicted octanol–water partition coefficient (Wildman–Crippen LogP) is 2.89. The van der Waals surface area contributed by atoms with Crippen LogP contribution in [0.15, 0.2) is 0 Å². The van der Waals surface area contributed by atoms with Crippen molar-refractivity contribution in [1.29, 1.82) is 0 Å². The second-order valence-corrected chi connectivity index (χ2v) is 13.4. The van der Waals surface area contributed by atoms with Crippen LogP contribution in [0.1, 0.15) is 48.5 Å². The van der Waals surface area contributed by atoms with Gasteiger partial charge >= 0.3 is 11.9 Å². The van der Waals surface area contributed by atoms with Crippen LogP contribution in [0.5, 0.6) is 0 Å². The van der Waals surface area contributed by atoms with Gasteiger partial charge in [0.05, 0.1) is 18.6 Å². The number of hydrogen-bond donors (Lipinski definition) is 1. The van der Waals surface area contributed by atoms with E-state index in [4.69, 9.17) is 13.9 Å². The first-order valence-corrected chi connectivity index (χ1v) is 11.2. The lowest BCUT2D eigenvalue weighted by Crippen LogP contribution is -2.53. The zero-order chi connectivity index (χ0) is 19.4. The van der Waals surface area contributed by atoms with Gasteiger partial charge in [-0.15, -0.1) is 0 Å². The molecule has 24 heavy (non-hydrogen) atoms. The van der Waals surface area contributed by atoms with Crippen LogP contribution in [0.2, 0.25) is 18.1 Å². The van der Waals surface area contributed by atoms with E-state index in [1.54, 1.807) is 27.7 Å². The monoisotopic (exact) mass is 362 g/mol. The van der Waals surface area contributed by atoms with Crippen LogP contribution in [0.4, 0.5) is 0 Å². The standard InChI is InChI=1S/C17H34O6Si/c1-10-21-14(19)17(20,11-22-13(18)15(2,3)4)12-23-24(8,9)16(5,6)7/h20H,10-12H2,1-9H3. The fraction of sp³-hybridized carbons (Fsp3) is 0.882. The number of esters is 2. The maximum Gasteiger partial charge on any atom is 0.344 e. The minimum Gasteiger partial charge on any atom is -0.464 e. The van der Waals surface area contributed by atoms with Crippen molar-refractivity contribution in [3.63, 3.8) is 0 Å². The van der Waals surface area contributed by atoms with E-state index < -0.39 is 37.9 Å². The molecular weight excluding hydrogens is 328 g/mol. The highest BCUT2D eigenvalue weighted by Crippen LogP contribution is 2.37. The summed E-state index contributed by atoms with van der Waals surface area (Å²) in [6.07, 6.45) is 0. The molecule has 0 saturated heterocycles. The Morgan fingerprint density at radius 3 is 1.79 bits per heavy atom. The van der Waals surface area contributed by atoms with Gasteiger partial charge in [0.2, 0.25) is 5.60 Å². The summed E-state index contributed by atoms with van der Waals surface area (Å²) in [6.45, 7) is 16.3. The van der Waals surface area contributed by atoms with Gasteiger partial charge in [0.1, 0.15) is 6.61 Å². The molecule has 0 aliphatic heterocycles. The van der Waals surface area contributed by atoms with Crippen molar-refractivity contribution in [1.82, 2.24) is 0 Å². The van der Waals surface area contributed by atoms with E-state index in [9.17, 15) is 14.7 Å². The van der Waals surface area contributed by atoms with Crippen molar-refractivity contribution in [3.8, 4) is 0 Å². The molecule has 1 unspecified atom stereocenters. The van der Waals surface area contributed by atoms with Gasteiger partial charge in [-0.2, -0.15) is 0 Å². The molecule has 0 saturated carbocycles. The van der Waals surface area contributed by atoms with Crippen molar-refractivity contribution in [2.45, 2.75) is 72.2 Å². The third-order valence-electron chi connectivity index (χ3n) is 4.19. The summed E-state index contributed by atoms with van der Waals surface area (Å²) < 4.78 is 16.0. The van der Waals surface area contributed by atoms with Gasteiger partial charge in [-0.05, 0) is 45.8 Å². The lowest BCUT2D eigenvalue weighted by atomic mass is 9.97. The number of rotatable bonds is 7. The van der Waals surface area contributed by atoms with Crippen LogP contribution in [0.3, 0.4) is 0 Å². The normalized spacial score (nSPS) is 15.6. The lowest BCUT2D eigenvalue weighted by Gasteiger charge is -2.38. The van der Waals surface area contributed by atoms with Crippen molar-refractivity contribution in [2.75, 3.05) is 19.8 Å². The molecule has 7 heteroatoms. The van der Waals surface area contributed by atoms with Crippen molar-refractivity contribution >= 4 is 20.3 Å². The first-order valence-electron chi connectivity index (χ1n) is 8.27. The molecule has 0 fully saturated rings. The number of ether oxygens (including phenoxy) is 2. The molecule has 0 spiro atoms. The number of aliphatic hydroxyl groups is 1. The highest BCUT2D eigenvalue weighted by Gasteiger charge is 2.45. The molecule has 0 aromatic heterocycles. The quantitative estimate of drug-likeness (QED) is 0.554. The highest BCUT2D eigenvalue weighted by atomic mass is 28.4. The van der Waals surface area contributed by atoms with Crippen LogP contribution in [0, 0.1) is 5.41 Å². The molecule has 0 aromatic rings. The molecule has 0 amide bonds. The first-order chi connectivity index (χ1) is 10.6. The Morgan fingerprint density at radius 2 is 1.42 bits per heavy atom. The topological polar surface area (TPSA) is 82.1 Å². The van der Waals surface area contributed by atoms with Crippen LogP contribution in [-0.2, 0) is 23.5 Å². The molecule has 6 nitrogen and oxygen atoms in total. The predicted molar refractivity (Wildman–Crippen MR) is 95.1 cm³/mol. The Bertz CT molecular complexity index is 447. The minimum absolute atomic E-state index is 0.0787. The molecule has 0 radical (unpaired) electrons. The Morgan fingerprint density at radius 1 is 0.917 bits per heavy atom. The van der Waals surface area contributed by atoms with Gasteiger partial charge in [-0.3, -0.25) is 4.79 Å². The fourth-order valence-corrected chi connectivity index (χ4v) is 2.38. The summed E-state index contributed by atoms with van der Waals surface area (Å²) >= 11 is 0. The second-order valence-electron chi connectivity index (χ2n) is 8.63. The Kier molecular flexibility index (Phi) is 7.66. The van der Waals surface area contributed by atoms with Gasteiger partial charge in [0.15, 0.2) is 8.32 Å². The van der Waals surface area contributed by atoms with Gasteiger partial charge < -0.3 is 19.0 Å². The van der Waals surface area contributed by atoms with E-state index in [0.29, 0.717) is 0 Å². The average molecular weight is 363 g/mol. The van der Waals surface area contributed by atoms with Gasteiger partial charge in [0, 0.05) is 0 Å². The zero-order valence-corrected chi connectivity index (χ0v) is 17.6. The molecule has 0 heterocycles. The molecule has 1 N–H and O–H groups in total. The van der Waals surface area contributed by atoms with Gasteiger partial charge in [-0.25, -0.2) is 4.79 Å². The molecule has 0 aliphatic carbocycles. The molecule has 0 bridgehead atoms. The Labute approximate surface area is 147 Å². The molecule has 0 aliphatic rings. The van der Waals surface area contributed by atoms with Crippen molar-refractivity contribution in [2.24, 2.45) is 5.41 Å². The maximum atomic E-state index is 12.2. The average Bonchev–Trinajstić information content (AvgIpc) is 2.40. The van der Waals surface area contributed by atoms with Crippen LogP contribution in [-0.4, -0.2) is 50.8 Å². The van der Waals surface area contributed by atoms with E-state index in [1.807, 2.05) is 13.1 Å². The molecule has 1 atom stereocenters. The van der Waals surface area contributed by atoms with E-state index in [-0.39, 0.29) is 18.3 Å². The summed E-state index contributed by atoms with van der Waals surface area (Å²) in [4.78, 5) is 24.1. The van der Waals surface area contributed by atoms with E-state index in [0.717, 1.165) is 0 Å². The van der Waals surface area contributed by atoms with Crippen molar-refractivity contribution in [3.05, 3.63) is 0 Å². The van der Waals surface area contributed by atoms with Crippen LogP contribution in [0.25, 0.3) is 0 Å². The SMILES string of the molecule is CCOC(=O)C(O)(COC(=O)C(C)(C)C)CO[Si](C)(C)C(C)(C)C. The Hall–Kier alpha value is -0.923. The molecular formula is C17H34O6Si. The molecule has 0 aromatic carbocycles. The zero-order valence-electron chi connectivity index (χ0n) is 16.6. The first kappa shape index (κ1) is 23.1. The van der Waals surface area contributed by atoms with Gasteiger partial charge in [0.25, 0.3) is 0 Å². The summed E-state index contributed by atoms with van der Waals surface area (Å²) in [5, 5.41) is 10.6. The van der Waals surface area contributed by atoms with Gasteiger partial charge in [-0.1, -0.05) is 20.8 Å². The molecule has 0 rings (SSSR count). The fourth-order valence-electron chi connectivity index (χ4n) is 1.34. The molecule has 142 valence electrons. The van der Waals surface area contributed by atoms with E-state index in [2.05, 4.69) is 20.8 Å². The maximum absolute atomic E-state index is 12.2. The largest absolute Gasteiger partial charge is 0.464 e. The second kappa shape index (κ2) is 7.97. The number of hydrogen-bond acceptors (Lipinski definition) is 6. The minimum atomic E-state index is -2.18. The third-order valence-corrected chi connectivity index (χ3v) is 8.67. The van der Waals surface area contributed by atoms with Crippen LogP contribution < -0.4 is 0 Å². The van der Waals surface area contributed by atoms with E-state index in [1.165, 1.54) is 0 Å². The highest BCUT2D eigenvalue weighted by molar-refractivity contribution is 6.74. The lowest BCUT2D eigenvalue weighted by molar-refractivity contribution is -0.182.